The Balaban J connectivity index is 4.04. The van der Waals surface area contributed by atoms with Crippen LogP contribution < -0.4 is 10.6 Å². The van der Waals surface area contributed by atoms with E-state index in [4.69, 9.17) is 15.1 Å². The summed E-state index contributed by atoms with van der Waals surface area (Å²) in [4.78, 5) is 21.5. The molecule has 0 heterocycles. The molecule has 0 aromatic heterocycles. The average molecular weight is 241 g/mol. The fraction of sp³-hybridized carbons (Fsp3) is 0.500. The van der Waals surface area contributed by atoms with E-state index in [1.807, 2.05) is 0 Å². The van der Waals surface area contributed by atoms with E-state index in [9.17, 15) is 9.59 Å². The maximum atomic E-state index is 11.3. The molecule has 0 bridgehead atoms. The van der Waals surface area contributed by atoms with Crippen molar-refractivity contribution < 1.29 is 19.4 Å². The van der Waals surface area contributed by atoms with Crippen LogP contribution in [0.3, 0.4) is 0 Å². The van der Waals surface area contributed by atoms with Gasteiger partial charge in [-0.3, -0.25) is 9.59 Å². The molecule has 0 fully saturated rings. The lowest BCUT2D eigenvalue weighted by Crippen LogP contribution is -2.30. The molecule has 0 spiro atoms. The summed E-state index contributed by atoms with van der Waals surface area (Å²) >= 11 is 0. The van der Waals surface area contributed by atoms with E-state index in [2.05, 4.69) is 10.6 Å². The molecule has 0 saturated heterocycles. The van der Waals surface area contributed by atoms with Gasteiger partial charge in [-0.1, -0.05) is 0 Å². The van der Waals surface area contributed by atoms with Crippen LogP contribution in [-0.2, 0) is 14.3 Å². The zero-order valence-electron chi connectivity index (χ0n) is 9.52. The summed E-state index contributed by atoms with van der Waals surface area (Å²) in [5.41, 5.74) is -0.163. The van der Waals surface area contributed by atoms with E-state index >= 15 is 0 Å². The third-order valence-electron chi connectivity index (χ3n) is 1.68. The Hall–Kier alpha value is -2.07. The van der Waals surface area contributed by atoms with Crippen LogP contribution in [0.2, 0.25) is 0 Å². The molecule has 7 heteroatoms. The number of hydrogen-bond acceptors (Lipinski definition) is 5. The van der Waals surface area contributed by atoms with Crippen molar-refractivity contribution in [2.75, 3.05) is 26.8 Å². The molecule has 0 aliphatic heterocycles. The minimum atomic E-state index is -1.16. The SMILES string of the molecule is COCCCN/C=C(/C#N)C(=O)NCC(=O)O. The standard InChI is InChI=1S/C10H15N3O4/c1-17-4-2-3-12-6-8(5-11)10(16)13-7-9(14)15/h6,12H,2-4,7H2,1H3,(H,13,16)(H,14,15)/b8-6-. The van der Waals surface area contributed by atoms with Gasteiger partial charge in [0, 0.05) is 26.5 Å². The molecule has 3 N–H and O–H groups in total. The Kier molecular flexibility index (Phi) is 8.06. The highest BCUT2D eigenvalue weighted by Gasteiger charge is 2.09. The number of nitriles is 1. The van der Waals surface area contributed by atoms with Crippen molar-refractivity contribution in [3.05, 3.63) is 11.8 Å². The lowest BCUT2D eigenvalue weighted by Gasteiger charge is -2.02. The highest BCUT2D eigenvalue weighted by atomic mass is 16.5. The van der Waals surface area contributed by atoms with Crippen LogP contribution in [-0.4, -0.2) is 43.8 Å². The third kappa shape index (κ3) is 7.81. The minimum Gasteiger partial charge on any atom is -0.480 e. The van der Waals surface area contributed by atoms with Crippen LogP contribution in [0.15, 0.2) is 11.8 Å². The first kappa shape index (κ1) is 14.9. The molecule has 0 atom stereocenters. The Bertz CT molecular complexity index is 333. The number of nitrogens with zero attached hydrogens (tertiary/aromatic N) is 1. The molecule has 0 aromatic rings. The van der Waals surface area contributed by atoms with Gasteiger partial charge in [-0.05, 0) is 6.42 Å². The molecule has 1 amide bonds. The van der Waals surface area contributed by atoms with E-state index in [1.54, 1.807) is 13.2 Å². The molecule has 0 aliphatic rings. The van der Waals surface area contributed by atoms with Crippen molar-refractivity contribution in [1.29, 1.82) is 5.26 Å². The van der Waals surface area contributed by atoms with Crippen LogP contribution in [0, 0.1) is 11.3 Å². The lowest BCUT2D eigenvalue weighted by atomic mass is 10.3. The van der Waals surface area contributed by atoms with Crippen molar-refractivity contribution >= 4 is 11.9 Å². The molecule has 0 rings (SSSR count). The van der Waals surface area contributed by atoms with Gasteiger partial charge in [-0.25, -0.2) is 0 Å². The van der Waals surface area contributed by atoms with Crippen LogP contribution in [0.4, 0.5) is 0 Å². The summed E-state index contributed by atoms with van der Waals surface area (Å²) in [5, 5.41) is 21.9. The Morgan fingerprint density at radius 2 is 2.24 bits per heavy atom. The second kappa shape index (κ2) is 9.18. The largest absolute Gasteiger partial charge is 0.480 e. The fourth-order valence-electron chi connectivity index (χ4n) is 0.893. The smallest absolute Gasteiger partial charge is 0.322 e. The maximum absolute atomic E-state index is 11.3. The summed E-state index contributed by atoms with van der Waals surface area (Å²) in [6, 6.07) is 1.68. The first-order valence-corrected chi connectivity index (χ1v) is 4.94. The number of rotatable bonds is 8. The van der Waals surface area contributed by atoms with Gasteiger partial charge in [0.15, 0.2) is 0 Å². The van der Waals surface area contributed by atoms with Gasteiger partial charge in [0.2, 0.25) is 0 Å². The molecule has 94 valence electrons. The van der Waals surface area contributed by atoms with Gasteiger partial charge >= 0.3 is 5.97 Å². The summed E-state index contributed by atoms with van der Waals surface area (Å²) in [6.07, 6.45) is 2.00. The van der Waals surface area contributed by atoms with Gasteiger partial charge in [0.05, 0.1) is 0 Å². The monoisotopic (exact) mass is 241 g/mol. The molecule has 0 unspecified atom stereocenters. The lowest BCUT2D eigenvalue weighted by molar-refractivity contribution is -0.137. The zero-order chi connectivity index (χ0) is 13.1. The molecule has 0 aromatic carbocycles. The van der Waals surface area contributed by atoms with Crippen LogP contribution in [0.1, 0.15) is 6.42 Å². The quantitative estimate of drug-likeness (QED) is 0.292. The number of ether oxygens (including phenoxy) is 1. The number of methoxy groups -OCH3 is 1. The summed E-state index contributed by atoms with van der Waals surface area (Å²) in [7, 11) is 1.58. The number of nitrogens with one attached hydrogen (secondary N) is 2. The van der Waals surface area contributed by atoms with Crippen molar-refractivity contribution in [3.63, 3.8) is 0 Å². The second-order valence-corrected chi connectivity index (χ2v) is 3.05. The molecule has 17 heavy (non-hydrogen) atoms. The zero-order valence-corrected chi connectivity index (χ0v) is 9.52. The first-order chi connectivity index (χ1) is 8.11. The number of carbonyl (C=O) groups excluding carboxylic acids is 1. The molecule has 0 aliphatic carbocycles. The number of aliphatic carboxylic acids is 1. The number of amides is 1. The molecular formula is C10H15N3O4. The van der Waals surface area contributed by atoms with Crippen molar-refractivity contribution in [3.8, 4) is 6.07 Å². The van der Waals surface area contributed by atoms with E-state index in [0.717, 1.165) is 6.42 Å². The second-order valence-electron chi connectivity index (χ2n) is 3.05. The van der Waals surface area contributed by atoms with E-state index in [-0.39, 0.29) is 5.57 Å². The Morgan fingerprint density at radius 3 is 2.76 bits per heavy atom. The normalized spacial score (nSPS) is 10.5. The summed E-state index contributed by atoms with van der Waals surface area (Å²) in [5.74, 6) is -1.88. The van der Waals surface area contributed by atoms with Gasteiger partial charge in [-0.2, -0.15) is 5.26 Å². The van der Waals surface area contributed by atoms with Crippen LogP contribution in [0.25, 0.3) is 0 Å². The molecule has 0 radical (unpaired) electrons. The summed E-state index contributed by atoms with van der Waals surface area (Å²) in [6.45, 7) is 0.626. The predicted octanol–water partition coefficient (Wildman–Crippen LogP) is -0.779. The molecule has 7 nitrogen and oxygen atoms in total. The Morgan fingerprint density at radius 1 is 1.53 bits per heavy atom. The van der Waals surface area contributed by atoms with Crippen molar-refractivity contribution in [1.82, 2.24) is 10.6 Å². The number of carbonyl (C=O) groups is 2. The third-order valence-corrected chi connectivity index (χ3v) is 1.68. The highest BCUT2D eigenvalue weighted by Crippen LogP contribution is 1.90. The number of carboxylic acids is 1. The van der Waals surface area contributed by atoms with Gasteiger partial charge in [-0.15, -0.1) is 0 Å². The van der Waals surface area contributed by atoms with Gasteiger partial charge in [0.1, 0.15) is 18.2 Å². The Labute approximate surface area is 99.1 Å². The maximum Gasteiger partial charge on any atom is 0.322 e. The molecular weight excluding hydrogens is 226 g/mol. The summed E-state index contributed by atoms with van der Waals surface area (Å²) < 4.78 is 4.82. The van der Waals surface area contributed by atoms with Gasteiger partial charge in [0.25, 0.3) is 5.91 Å². The van der Waals surface area contributed by atoms with Crippen LogP contribution in [0.5, 0.6) is 0 Å². The first-order valence-electron chi connectivity index (χ1n) is 4.94. The molecule has 0 saturated carbocycles. The number of carboxylic acid groups (broad SMARTS) is 1. The van der Waals surface area contributed by atoms with Crippen molar-refractivity contribution in [2.45, 2.75) is 6.42 Å². The fourth-order valence-corrected chi connectivity index (χ4v) is 0.893. The van der Waals surface area contributed by atoms with Crippen molar-refractivity contribution in [2.24, 2.45) is 0 Å². The van der Waals surface area contributed by atoms with Crippen LogP contribution >= 0.6 is 0 Å². The topological polar surface area (TPSA) is 111 Å². The predicted molar refractivity (Wildman–Crippen MR) is 58.8 cm³/mol. The highest BCUT2D eigenvalue weighted by molar-refractivity contribution is 5.98. The minimum absolute atomic E-state index is 0.163. The van der Waals surface area contributed by atoms with E-state index in [0.29, 0.717) is 13.2 Å². The van der Waals surface area contributed by atoms with E-state index < -0.39 is 18.4 Å². The van der Waals surface area contributed by atoms with E-state index in [1.165, 1.54) is 6.20 Å². The number of hydrogen-bond donors (Lipinski definition) is 3. The van der Waals surface area contributed by atoms with Gasteiger partial charge < -0.3 is 20.5 Å². The average Bonchev–Trinajstić information content (AvgIpc) is 2.31.